The summed E-state index contributed by atoms with van der Waals surface area (Å²) in [5.74, 6) is 0.798. The van der Waals surface area contributed by atoms with Gasteiger partial charge in [0.05, 0.1) is 6.10 Å². The van der Waals surface area contributed by atoms with Gasteiger partial charge in [0.15, 0.2) is 0 Å². The fourth-order valence-corrected chi connectivity index (χ4v) is 2.36. The zero-order valence-corrected chi connectivity index (χ0v) is 11.7. The van der Waals surface area contributed by atoms with Crippen LogP contribution in [0, 0.1) is 5.92 Å². The molecule has 0 aromatic rings. The maximum absolute atomic E-state index is 5.95. The van der Waals surface area contributed by atoms with Crippen LogP contribution >= 0.6 is 0 Å². The molecule has 1 saturated carbocycles. The minimum absolute atomic E-state index is 0.420. The zero-order chi connectivity index (χ0) is 12.5. The van der Waals surface area contributed by atoms with E-state index in [4.69, 9.17) is 9.47 Å². The Morgan fingerprint density at radius 1 is 1.29 bits per heavy atom. The molecule has 0 bridgehead atoms. The van der Waals surface area contributed by atoms with Crippen molar-refractivity contribution in [1.82, 2.24) is 5.32 Å². The molecule has 0 amide bonds. The van der Waals surface area contributed by atoms with Crippen molar-refractivity contribution in [3.63, 3.8) is 0 Å². The van der Waals surface area contributed by atoms with Crippen LogP contribution in [0.25, 0.3) is 0 Å². The summed E-state index contributed by atoms with van der Waals surface area (Å²) < 4.78 is 11.1. The number of methoxy groups -OCH3 is 1. The molecule has 0 radical (unpaired) electrons. The molecule has 1 aliphatic rings. The van der Waals surface area contributed by atoms with Gasteiger partial charge in [-0.15, -0.1) is 0 Å². The third kappa shape index (κ3) is 5.84. The first-order chi connectivity index (χ1) is 8.33. The highest BCUT2D eigenvalue weighted by molar-refractivity contribution is 4.90. The van der Waals surface area contributed by atoms with Crippen LogP contribution < -0.4 is 5.32 Å². The van der Waals surface area contributed by atoms with Crippen LogP contribution in [0.15, 0.2) is 0 Å². The summed E-state index contributed by atoms with van der Waals surface area (Å²) in [7, 11) is 1.77. The number of hydrogen-bond acceptors (Lipinski definition) is 3. The largest absolute Gasteiger partial charge is 0.385 e. The molecule has 1 N–H and O–H groups in total. The number of nitrogens with one attached hydrogen (secondary N) is 1. The number of hydrogen-bond donors (Lipinski definition) is 1. The predicted molar refractivity (Wildman–Crippen MR) is 71.3 cm³/mol. The third-order valence-corrected chi connectivity index (χ3v) is 3.36. The second-order valence-corrected chi connectivity index (χ2v) is 4.95. The third-order valence-electron chi connectivity index (χ3n) is 3.36. The highest BCUT2D eigenvalue weighted by Crippen LogP contribution is 2.36. The molecular formula is C14H29NO2. The molecule has 2 unspecified atom stereocenters. The van der Waals surface area contributed by atoms with Crippen LogP contribution in [-0.4, -0.2) is 39.0 Å². The minimum Gasteiger partial charge on any atom is -0.385 e. The van der Waals surface area contributed by atoms with E-state index in [0.717, 1.165) is 38.5 Å². The normalized spacial score (nSPS) is 19.2. The van der Waals surface area contributed by atoms with E-state index in [-0.39, 0.29) is 0 Å². The summed E-state index contributed by atoms with van der Waals surface area (Å²) in [6.07, 6.45) is 6.58. The Bertz CT molecular complexity index is 183. The van der Waals surface area contributed by atoms with Crippen molar-refractivity contribution in [1.29, 1.82) is 0 Å². The lowest BCUT2D eigenvalue weighted by Crippen LogP contribution is -2.43. The molecule has 3 heteroatoms. The van der Waals surface area contributed by atoms with Crippen molar-refractivity contribution in [2.75, 3.05) is 26.9 Å². The number of rotatable bonds is 11. The first-order valence-corrected chi connectivity index (χ1v) is 7.17. The van der Waals surface area contributed by atoms with E-state index in [0.29, 0.717) is 12.1 Å². The Labute approximate surface area is 106 Å². The Balaban J connectivity index is 2.39. The van der Waals surface area contributed by atoms with E-state index in [9.17, 15) is 0 Å². The molecule has 1 aliphatic carbocycles. The summed E-state index contributed by atoms with van der Waals surface area (Å²) in [6.45, 7) is 7.09. The molecule has 102 valence electrons. The van der Waals surface area contributed by atoms with Gasteiger partial charge in [-0.05, 0) is 51.5 Å². The van der Waals surface area contributed by atoms with Crippen LogP contribution in [0.2, 0.25) is 0 Å². The first kappa shape index (κ1) is 14.9. The van der Waals surface area contributed by atoms with Gasteiger partial charge >= 0.3 is 0 Å². The van der Waals surface area contributed by atoms with E-state index >= 15 is 0 Å². The molecule has 1 rings (SSSR count). The second-order valence-electron chi connectivity index (χ2n) is 4.95. The summed E-state index contributed by atoms with van der Waals surface area (Å²) in [6, 6.07) is 0.512. The quantitative estimate of drug-likeness (QED) is 0.566. The highest BCUT2D eigenvalue weighted by atomic mass is 16.5. The minimum atomic E-state index is 0.420. The van der Waals surface area contributed by atoms with Crippen LogP contribution in [-0.2, 0) is 9.47 Å². The Hall–Kier alpha value is -0.120. The maximum Gasteiger partial charge on any atom is 0.0755 e. The molecule has 3 nitrogen and oxygen atoms in total. The molecule has 0 aliphatic heterocycles. The van der Waals surface area contributed by atoms with Crippen molar-refractivity contribution in [2.45, 2.75) is 58.1 Å². The lowest BCUT2D eigenvalue weighted by atomic mass is 10.0. The molecule has 0 spiro atoms. The van der Waals surface area contributed by atoms with Crippen LogP contribution in [0.3, 0.4) is 0 Å². The Kier molecular flexibility index (Phi) is 7.82. The topological polar surface area (TPSA) is 30.5 Å². The fraction of sp³-hybridized carbons (Fsp3) is 1.00. The second kappa shape index (κ2) is 8.90. The van der Waals surface area contributed by atoms with E-state index in [1.165, 1.54) is 19.3 Å². The van der Waals surface area contributed by atoms with Gasteiger partial charge in [-0.1, -0.05) is 6.92 Å². The van der Waals surface area contributed by atoms with Crippen LogP contribution in [0.1, 0.15) is 46.0 Å². The summed E-state index contributed by atoms with van der Waals surface area (Å²) >= 11 is 0. The Morgan fingerprint density at radius 2 is 2.06 bits per heavy atom. The monoisotopic (exact) mass is 243 g/mol. The molecule has 0 heterocycles. The van der Waals surface area contributed by atoms with Gasteiger partial charge in [0.25, 0.3) is 0 Å². The number of ether oxygens (including phenoxy) is 2. The molecule has 17 heavy (non-hydrogen) atoms. The lowest BCUT2D eigenvalue weighted by molar-refractivity contribution is 0.0149. The van der Waals surface area contributed by atoms with Crippen LogP contribution in [0.4, 0.5) is 0 Å². The van der Waals surface area contributed by atoms with Crippen LogP contribution in [0.5, 0.6) is 0 Å². The molecular weight excluding hydrogens is 214 g/mol. The zero-order valence-electron chi connectivity index (χ0n) is 11.7. The van der Waals surface area contributed by atoms with Crippen molar-refractivity contribution in [2.24, 2.45) is 5.92 Å². The van der Waals surface area contributed by atoms with E-state index in [1.807, 2.05) is 0 Å². The van der Waals surface area contributed by atoms with Gasteiger partial charge < -0.3 is 14.8 Å². The van der Waals surface area contributed by atoms with Gasteiger partial charge in [0.2, 0.25) is 0 Å². The first-order valence-electron chi connectivity index (χ1n) is 7.17. The van der Waals surface area contributed by atoms with Gasteiger partial charge in [-0.25, -0.2) is 0 Å². The SMILES string of the molecule is CCCNC(CCCOC)C(OCC)C1CC1. The summed E-state index contributed by atoms with van der Waals surface area (Å²) in [5, 5.41) is 3.65. The van der Waals surface area contributed by atoms with Gasteiger partial charge in [-0.2, -0.15) is 0 Å². The van der Waals surface area contributed by atoms with Gasteiger partial charge in [-0.3, -0.25) is 0 Å². The lowest BCUT2D eigenvalue weighted by Gasteiger charge is -2.28. The molecule has 2 atom stereocenters. The summed E-state index contributed by atoms with van der Waals surface area (Å²) in [5.41, 5.74) is 0. The fourth-order valence-electron chi connectivity index (χ4n) is 2.36. The molecule has 0 saturated heterocycles. The maximum atomic E-state index is 5.95. The van der Waals surface area contributed by atoms with Crippen molar-refractivity contribution >= 4 is 0 Å². The molecule has 0 aromatic heterocycles. The van der Waals surface area contributed by atoms with Crippen molar-refractivity contribution < 1.29 is 9.47 Å². The Morgan fingerprint density at radius 3 is 2.59 bits per heavy atom. The van der Waals surface area contributed by atoms with E-state index in [1.54, 1.807) is 7.11 Å². The molecule has 1 fully saturated rings. The summed E-state index contributed by atoms with van der Waals surface area (Å²) in [4.78, 5) is 0. The average molecular weight is 243 g/mol. The standard InChI is InChI=1S/C14H29NO2/c1-4-10-15-13(7-6-11-16-3)14(17-5-2)12-8-9-12/h12-15H,4-11H2,1-3H3. The van der Waals surface area contributed by atoms with Crippen molar-refractivity contribution in [3.8, 4) is 0 Å². The van der Waals surface area contributed by atoms with Gasteiger partial charge in [0, 0.05) is 26.4 Å². The predicted octanol–water partition coefficient (Wildman–Crippen LogP) is 2.60. The smallest absolute Gasteiger partial charge is 0.0755 e. The molecule has 0 aromatic carbocycles. The van der Waals surface area contributed by atoms with E-state index < -0.39 is 0 Å². The van der Waals surface area contributed by atoms with E-state index in [2.05, 4.69) is 19.2 Å². The van der Waals surface area contributed by atoms with Crippen molar-refractivity contribution in [3.05, 3.63) is 0 Å². The van der Waals surface area contributed by atoms with Gasteiger partial charge in [0.1, 0.15) is 0 Å². The average Bonchev–Trinajstić information content (AvgIpc) is 3.15. The highest BCUT2D eigenvalue weighted by Gasteiger charge is 2.36.